The monoisotopic (exact) mass is 211 g/mol. The molecule has 0 rings (SSSR count). The molecule has 0 aromatic rings. The van der Waals surface area contributed by atoms with Crippen molar-refractivity contribution in [2.75, 3.05) is 19.6 Å². The summed E-state index contributed by atoms with van der Waals surface area (Å²) in [7, 11) is 1.68. The molecular weight excluding hydrogens is 197 g/mol. The summed E-state index contributed by atoms with van der Waals surface area (Å²) in [5.41, 5.74) is 0. The van der Waals surface area contributed by atoms with Gasteiger partial charge in [0.15, 0.2) is 0 Å². The van der Waals surface area contributed by atoms with Crippen LogP contribution in [0.15, 0.2) is 4.99 Å². The van der Waals surface area contributed by atoms with Crippen molar-refractivity contribution in [3.8, 4) is 0 Å². The summed E-state index contributed by atoms with van der Waals surface area (Å²) in [6.45, 7) is 2.73. The third kappa shape index (κ3) is 6.89. The summed E-state index contributed by atoms with van der Waals surface area (Å²) in [6.07, 6.45) is 1.55. The predicted molar refractivity (Wildman–Crippen MR) is 54.6 cm³/mol. The topological polar surface area (TPSA) is 21.6 Å². The second kappa shape index (κ2) is 7.84. The van der Waals surface area contributed by atoms with Gasteiger partial charge in [-0.15, -0.1) is 11.6 Å². The van der Waals surface area contributed by atoms with Crippen LogP contribution in [-0.2, 0) is 4.74 Å². The molecular formula is C8H15Cl2NO. The van der Waals surface area contributed by atoms with Crippen LogP contribution < -0.4 is 0 Å². The Bertz CT molecular complexity index is 139. The Kier molecular flexibility index (Phi) is 7.98. The van der Waals surface area contributed by atoms with E-state index in [1.165, 1.54) is 0 Å². The molecule has 0 aromatic heterocycles. The third-order valence-electron chi connectivity index (χ3n) is 1.40. The highest BCUT2D eigenvalue weighted by Gasteiger charge is 2.00. The van der Waals surface area contributed by atoms with Crippen LogP contribution >= 0.6 is 23.2 Å². The Balaban J connectivity index is 3.63. The smallest absolute Gasteiger partial charge is 0.102 e. The van der Waals surface area contributed by atoms with Gasteiger partial charge >= 0.3 is 0 Å². The van der Waals surface area contributed by atoms with Gasteiger partial charge in [-0.2, -0.15) is 0 Å². The Labute approximate surface area is 83.9 Å². The van der Waals surface area contributed by atoms with Crippen LogP contribution in [-0.4, -0.2) is 30.8 Å². The Morgan fingerprint density at radius 2 is 2.25 bits per heavy atom. The van der Waals surface area contributed by atoms with Crippen LogP contribution in [0.4, 0.5) is 0 Å². The fraction of sp³-hybridized carbons (Fsp3) is 0.875. The molecule has 2 nitrogen and oxygen atoms in total. The van der Waals surface area contributed by atoms with Crippen LogP contribution in [0.1, 0.15) is 19.8 Å². The Morgan fingerprint density at radius 3 is 2.75 bits per heavy atom. The second-order valence-electron chi connectivity index (χ2n) is 2.57. The van der Waals surface area contributed by atoms with Gasteiger partial charge in [-0.25, -0.2) is 0 Å². The molecule has 0 saturated heterocycles. The molecule has 0 heterocycles. The lowest BCUT2D eigenvalue weighted by Crippen LogP contribution is -2.05. The normalized spacial score (nSPS) is 14.8. The Hall–Kier alpha value is 0.210. The van der Waals surface area contributed by atoms with E-state index in [1.807, 2.05) is 6.92 Å². The average Bonchev–Trinajstić information content (AvgIpc) is 2.01. The maximum atomic E-state index is 5.78. The van der Waals surface area contributed by atoms with Crippen molar-refractivity contribution in [3.63, 3.8) is 0 Å². The number of halogens is 2. The lowest BCUT2D eigenvalue weighted by atomic mass is 10.2. The number of rotatable bonds is 6. The highest BCUT2D eigenvalue weighted by molar-refractivity contribution is 6.65. The number of hydrogen-bond donors (Lipinski definition) is 0. The van der Waals surface area contributed by atoms with Crippen LogP contribution in [0.5, 0.6) is 0 Å². The van der Waals surface area contributed by atoms with Gasteiger partial charge in [0.25, 0.3) is 0 Å². The second-order valence-corrected chi connectivity index (χ2v) is 3.39. The van der Waals surface area contributed by atoms with E-state index >= 15 is 0 Å². The lowest BCUT2D eigenvalue weighted by Gasteiger charge is -2.05. The van der Waals surface area contributed by atoms with E-state index < -0.39 is 0 Å². The third-order valence-corrected chi connectivity index (χ3v) is 1.88. The quantitative estimate of drug-likeness (QED) is 0.490. The SMILES string of the molecule is COCCC(C)N=C(Cl)CCCl. The molecule has 0 amide bonds. The summed E-state index contributed by atoms with van der Waals surface area (Å²) in [5.74, 6) is 0.527. The van der Waals surface area contributed by atoms with E-state index in [0.29, 0.717) is 17.5 Å². The standard InChI is InChI=1S/C8H15Cl2NO/c1-7(4-6-12-2)11-8(10)3-5-9/h7H,3-6H2,1-2H3. The molecule has 0 aliphatic heterocycles. The molecule has 0 saturated carbocycles. The number of aliphatic imine (C=N–C) groups is 1. The molecule has 0 aliphatic rings. The average molecular weight is 212 g/mol. The maximum absolute atomic E-state index is 5.78. The highest BCUT2D eigenvalue weighted by Crippen LogP contribution is 2.02. The first kappa shape index (κ1) is 12.2. The fourth-order valence-electron chi connectivity index (χ4n) is 0.735. The molecule has 0 aliphatic carbocycles. The number of alkyl halides is 1. The van der Waals surface area contributed by atoms with E-state index in [4.69, 9.17) is 27.9 Å². The number of methoxy groups -OCH3 is 1. The van der Waals surface area contributed by atoms with Gasteiger partial charge in [-0.05, 0) is 13.3 Å². The zero-order chi connectivity index (χ0) is 9.40. The van der Waals surface area contributed by atoms with Gasteiger partial charge in [0, 0.05) is 26.0 Å². The zero-order valence-electron chi connectivity index (χ0n) is 7.52. The van der Waals surface area contributed by atoms with Crippen molar-refractivity contribution in [1.82, 2.24) is 0 Å². The molecule has 0 aromatic carbocycles. The van der Waals surface area contributed by atoms with E-state index in [0.717, 1.165) is 13.0 Å². The first-order valence-electron chi connectivity index (χ1n) is 3.97. The van der Waals surface area contributed by atoms with E-state index in [1.54, 1.807) is 7.11 Å². The van der Waals surface area contributed by atoms with Crippen molar-refractivity contribution >= 4 is 28.4 Å². The minimum absolute atomic E-state index is 0.223. The van der Waals surface area contributed by atoms with Crippen molar-refractivity contribution in [2.45, 2.75) is 25.8 Å². The zero-order valence-corrected chi connectivity index (χ0v) is 9.03. The fourth-order valence-corrected chi connectivity index (χ4v) is 1.27. The molecule has 0 spiro atoms. The summed E-state index contributed by atoms with van der Waals surface area (Å²) < 4.78 is 4.92. The van der Waals surface area contributed by atoms with Crippen molar-refractivity contribution < 1.29 is 4.74 Å². The summed E-state index contributed by atoms with van der Waals surface area (Å²) in [4.78, 5) is 4.22. The molecule has 0 bridgehead atoms. The van der Waals surface area contributed by atoms with Gasteiger partial charge in [-0.1, -0.05) is 11.6 Å². The summed E-state index contributed by atoms with van der Waals surface area (Å²) in [5, 5.41) is 0.605. The largest absolute Gasteiger partial charge is 0.385 e. The lowest BCUT2D eigenvalue weighted by molar-refractivity contribution is 0.190. The van der Waals surface area contributed by atoms with Crippen molar-refractivity contribution in [3.05, 3.63) is 0 Å². The van der Waals surface area contributed by atoms with Gasteiger partial charge in [0.1, 0.15) is 5.17 Å². The molecule has 4 heteroatoms. The van der Waals surface area contributed by atoms with Gasteiger partial charge in [-0.3, -0.25) is 4.99 Å². The highest BCUT2D eigenvalue weighted by atomic mass is 35.5. The molecule has 0 fully saturated rings. The van der Waals surface area contributed by atoms with Crippen LogP contribution in [0.3, 0.4) is 0 Å². The molecule has 1 unspecified atom stereocenters. The minimum Gasteiger partial charge on any atom is -0.385 e. The molecule has 12 heavy (non-hydrogen) atoms. The molecule has 0 N–H and O–H groups in total. The van der Waals surface area contributed by atoms with E-state index in [-0.39, 0.29) is 6.04 Å². The number of ether oxygens (including phenoxy) is 1. The molecule has 72 valence electrons. The molecule has 0 radical (unpaired) electrons. The minimum atomic E-state index is 0.223. The van der Waals surface area contributed by atoms with Crippen LogP contribution in [0.2, 0.25) is 0 Å². The van der Waals surface area contributed by atoms with Crippen LogP contribution in [0.25, 0.3) is 0 Å². The molecule has 1 atom stereocenters. The van der Waals surface area contributed by atoms with Gasteiger partial charge < -0.3 is 4.74 Å². The van der Waals surface area contributed by atoms with E-state index in [9.17, 15) is 0 Å². The summed E-state index contributed by atoms with van der Waals surface area (Å²) in [6, 6.07) is 0.223. The first-order chi connectivity index (χ1) is 5.70. The first-order valence-corrected chi connectivity index (χ1v) is 4.89. The Morgan fingerprint density at radius 1 is 1.58 bits per heavy atom. The van der Waals surface area contributed by atoms with Crippen LogP contribution in [0, 0.1) is 0 Å². The van der Waals surface area contributed by atoms with Crippen molar-refractivity contribution in [2.24, 2.45) is 4.99 Å². The number of hydrogen-bond acceptors (Lipinski definition) is 2. The summed E-state index contributed by atoms with van der Waals surface area (Å²) >= 11 is 11.3. The van der Waals surface area contributed by atoms with Gasteiger partial charge in [0.05, 0.1) is 6.04 Å². The maximum Gasteiger partial charge on any atom is 0.102 e. The number of nitrogens with zero attached hydrogens (tertiary/aromatic N) is 1. The van der Waals surface area contributed by atoms with E-state index in [2.05, 4.69) is 4.99 Å². The predicted octanol–water partition coefficient (Wildman–Crippen LogP) is 2.68. The van der Waals surface area contributed by atoms with Gasteiger partial charge in [0.2, 0.25) is 0 Å². The van der Waals surface area contributed by atoms with Crippen molar-refractivity contribution in [1.29, 1.82) is 0 Å².